The Morgan fingerprint density at radius 2 is 1.36 bits per heavy atom. The molecule has 3 aromatic carbocycles. The molecule has 1 heterocycles. The lowest BCUT2D eigenvalue weighted by Crippen LogP contribution is -2.40. The third kappa shape index (κ3) is 4.17. The monoisotopic (exact) mass is 484 g/mol. The van der Waals surface area contributed by atoms with Crippen LogP contribution in [0.15, 0.2) is 70.5 Å². The molecule has 1 fully saturated rings. The second-order valence-electron chi connectivity index (χ2n) is 8.30. The van der Waals surface area contributed by atoms with Gasteiger partial charge >= 0.3 is 0 Å². The van der Waals surface area contributed by atoms with Gasteiger partial charge in [-0.05, 0) is 72.0 Å². The molecular formula is C24H24N2O5S2. The maximum atomic E-state index is 13.0. The van der Waals surface area contributed by atoms with Crippen molar-refractivity contribution in [3.8, 4) is 11.1 Å². The number of morpholine rings is 1. The number of hydrogen-bond donors (Lipinski definition) is 1. The summed E-state index contributed by atoms with van der Waals surface area (Å²) >= 11 is 0. The van der Waals surface area contributed by atoms with Crippen molar-refractivity contribution >= 4 is 25.7 Å². The number of anilines is 1. The van der Waals surface area contributed by atoms with Gasteiger partial charge in [0.05, 0.1) is 23.0 Å². The van der Waals surface area contributed by atoms with Crippen LogP contribution in [-0.2, 0) is 31.2 Å². The number of hydrogen-bond acceptors (Lipinski definition) is 5. The third-order valence-electron chi connectivity index (χ3n) is 6.05. The molecule has 5 rings (SSSR count). The highest BCUT2D eigenvalue weighted by Gasteiger charge is 2.29. The van der Waals surface area contributed by atoms with Crippen LogP contribution in [0.1, 0.15) is 16.7 Å². The number of fused-ring (bicyclic) bond motifs is 3. The van der Waals surface area contributed by atoms with E-state index in [-0.39, 0.29) is 9.79 Å². The molecule has 0 amide bonds. The molecule has 33 heavy (non-hydrogen) atoms. The largest absolute Gasteiger partial charge is 0.379 e. The number of nitrogens with zero attached hydrogens (tertiary/aromatic N) is 1. The zero-order valence-electron chi connectivity index (χ0n) is 18.1. The second kappa shape index (κ2) is 8.25. The predicted molar refractivity (Wildman–Crippen MR) is 126 cm³/mol. The van der Waals surface area contributed by atoms with Gasteiger partial charge in [0.2, 0.25) is 10.0 Å². The first-order valence-corrected chi connectivity index (χ1v) is 13.6. The van der Waals surface area contributed by atoms with Gasteiger partial charge in [0.25, 0.3) is 10.0 Å². The summed E-state index contributed by atoms with van der Waals surface area (Å²) in [7, 11) is -7.34. The van der Waals surface area contributed by atoms with Crippen molar-refractivity contribution in [2.45, 2.75) is 23.1 Å². The Kier molecular flexibility index (Phi) is 5.52. The van der Waals surface area contributed by atoms with Crippen LogP contribution in [0.2, 0.25) is 0 Å². The van der Waals surface area contributed by atoms with Crippen LogP contribution in [0.25, 0.3) is 11.1 Å². The summed E-state index contributed by atoms with van der Waals surface area (Å²) in [5.74, 6) is 0. The van der Waals surface area contributed by atoms with Crippen molar-refractivity contribution < 1.29 is 21.6 Å². The molecule has 9 heteroatoms. The summed E-state index contributed by atoms with van der Waals surface area (Å²) in [6, 6.07) is 17.3. The van der Waals surface area contributed by atoms with E-state index in [1.807, 2.05) is 25.1 Å². The molecule has 0 radical (unpaired) electrons. The minimum atomic E-state index is -3.75. The van der Waals surface area contributed by atoms with Gasteiger partial charge in [0.1, 0.15) is 0 Å². The Morgan fingerprint density at radius 1 is 0.788 bits per heavy atom. The Bertz CT molecular complexity index is 1430. The van der Waals surface area contributed by atoms with E-state index >= 15 is 0 Å². The molecule has 0 aromatic heterocycles. The van der Waals surface area contributed by atoms with Crippen LogP contribution in [0, 0.1) is 6.92 Å². The molecule has 3 aromatic rings. The van der Waals surface area contributed by atoms with E-state index in [2.05, 4.69) is 4.72 Å². The number of nitrogens with one attached hydrogen (secondary N) is 1. The summed E-state index contributed by atoms with van der Waals surface area (Å²) in [6.07, 6.45) is 0.477. The van der Waals surface area contributed by atoms with Crippen molar-refractivity contribution in [2.75, 3.05) is 31.0 Å². The van der Waals surface area contributed by atoms with Crippen LogP contribution in [0.5, 0.6) is 0 Å². The topological polar surface area (TPSA) is 92.8 Å². The zero-order valence-corrected chi connectivity index (χ0v) is 19.7. The standard InChI is InChI=1S/C24H24N2O5S2/c1-17-2-4-20(5-3-17)25-32(27,28)21-6-8-23-18(15-21)14-19-16-22(7-9-24(19)23)33(29,30)26-10-12-31-13-11-26/h2-9,15-16,25H,10-14H2,1H3. The van der Waals surface area contributed by atoms with Crippen LogP contribution in [0.3, 0.4) is 0 Å². The molecule has 7 nitrogen and oxygen atoms in total. The van der Waals surface area contributed by atoms with Crippen molar-refractivity contribution in [1.82, 2.24) is 4.31 Å². The Hall–Kier alpha value is -2.72. The number of sulfonamides is 2. The summed E-state index contributed by atoms with van der Waals surface area (Å²) in [5, 5.41) is 0. The first-order valence-electron chi connectivity index (χ1n) is 10.7. The quantitative estimate of drug-likeness (QED) is 0.469. The minimum Gasteiger partial charge on any atom is -0.379 e. The zero-order chi connectivity index (χ0) is 23.2. The molecular weight excluding hydrogens is 460 g/mol. The van der Waals surface area contributed by atoms with Gasteiger partial charge in [-0.25, -0.2) is 16.8 Å². The summed E-state index contributed by atoms with van der Waals surface area (Å²) in [5.41, 5.74) is 5.14. The van der Waals surface area contributed by atoms with Gasteiger partial charge in [-0.15, -0.1) is 0 Å². The highest BCUT2D eigenvalue weighted by Crippen LogP contribution is 2.39. The highest BCUT2D eigenvalue weighted by atomic mass is 32.2. The van der Waals surface area contributed by atoms with Gasteiger partial charge in [0, 0.05) is 18.8 Å². The van der Waals surface area contributed by atoms with Gasteiger partial charge in [-0.2, -0.15) is 4.31 Å². The van der Waals surface area contributed by atoms with E-state index in [4.69, 9.17) is 4.74 Å². The number of aryl methyl sites for hydroxylation is 1. The van der Waals surface area contributed by atoms with Crippen LogP contribution >= 0.6 is 0 Å². The number of rotatable bonds is 5. The Balaban J connectivity index is 1.42. The SMILES string of the molecule is Cc1ccc(NS(=O)(=O)c2ccc3c(c2)Cc2cc(S(=O)(=O)N4CCOCC4)ccc2-3)cc1. The van der Waals surface area contributed by atoms with E-state index in [0.717, 1.165) is 27.8 Å². The van der Waals surface area contributed by atoms with E-state index in [1.54, 1.807) is 42.5 Å². The maximum Gasteiger partial charge on any atom is 0.261 e. The molecule has 0 bridgehead atoms. The molecule has 0 spiro atoms. The lowest BCUT2D eigenvalue weighted by Gasteiger charge is -2.26. The fourth-order valence-electron chi connectivity index (χ4n) is 4.26. The summed E-state index contributed by atoms with van der Waals surface area (Å²) < 4.78 is 61.2. The van der Waals surface area contributed by atoms with Crippen molar-refractivity contribution in [1.29, 1.82) is 0 Å². The van der Waals surface area contributed by atoms with E-state index in [0.29, 0.717) is 38.4 Å². The van der Waals surface area contributed by atoms with Gasteiger partial charge in [-0.1, -0.05) is 29.8 Å². The summed E-state index contributed by atoms with van der Waals surface area (Å²) in [4.78, 5) is 0.431. The van der Waals surface area contributed by atoms with Crippen LogP contribution in [0.4, 0.5) is 5.69 Å². The first kappa shape index (κ1) is 22.1. The highest BCUT2D eigenvalue weighted by molar-refractivity contribution is 7.92. The fourth-order valence-corrected chi connectivity index (χ4v) is 6.83. The van der Waals surface area contributed by atoms with E-state index < -0.39 is 20.0 Å². The van der Waals surface area contributed by atoms with Gasteiger partial charge in [-0.3, -0.25) is 4.72 Å². The Morgan fingerprint density at radius 3 is 2.00 bits per heavy atom. The molecule has 1 N–H and O–H groups in total. The van der Waals surface area contributed by atoms with E-state index in [9.17, 15) is 16.8 Å². The van der Waals surface area contributed by atoms with E-state index in [1.165, 1.54) is 4.31 Å². The van der Waals surface area contributed by atoms with Crippen LogP contribution < -0.4 is 4.72 Å². The van der Waals surface area contributed by atoms with Gasteiger partial charge in [0.15, 0.2) is 0 Å². The average Bonchev–Trinajstić information content (AvgIpc) is 3.18. The minimum absolute atomic E-state index is 0.177. The lowest BCUT2D eigenvalue weighted by atomic mass is 10.1. The van der Waals surface area contributed by atoms with Crippen molar-refractivity contribution in [3.05, 3.63) is 77.4 Å². The molecule has 0 saturated carbocycles. The first-order chi connectivity index (χ1) is 15.7. The molecule has 1 saturated heterocycles. The predicted octanol–water partition coefficient (Wildman–Crippen LogP) is 3.39. The molecule has 2 aliphatic rings. The smallest absolute Gasteiger partial charge is 0.261 e. The van der Waals surface area contributed by atoms with Crippen LogP contribution in [-0.4, -0.2) is 47.4 Å². The number of ether oxygens (including phenoxy) is 1. The summed E-state index contributed by atoms with van der Waals surface area (Å²) in [6.45, 7) is 3.41. The molecule has 1 aliphatic carbocycles. The molecule has 0 unspecified atom stereocenters. The molecule has 1 aliphatic heterocycles. The Labute approximate surface area is 194 Å². The maximum absolute atomic E-state index is 13.0. The fraction of sp³-hybridized carbons (Fsp3) is 0.250. The van der Waals surface area contributed by atoms with Gasteiger partial charge < -0.3 is 4.74 Å². The average molecular weight is 485 g/mol. The second-order valence-corrected chi connectivity index (χ2v) is 11.9. The normalized spacial score (nSPS) is 16.3. The lowest BCUT2D eigenvalue weighted by molar-refractivity contribution is 0.0730. The third-order valence-corrected chi connectivity index (χ3v) is 9.32. The number of benzene rings is 3. The molecule has 172 valence electrons. The van der Waals surface area contributed by atoms with Crippen molar-refractivity contribution in [3.63, 3.8) is 0 Å². The van der Waals surface area contributed by atoms with Crippen molar-refractivity contribution in [2.24, 2.45) is 0 Å². The molecule has 0 atom stereocenters.